The van der Waals surface area contributed by atoms with Gasteiger partial charge in [-0.25, -0.2) is 0 Å². The van der Waals surface area contributed by atoms with Crippen LogP contribution in [0.15, 0.2) is 29.2 Å². The summed E-state index contributed by atoms with van der Waals surface area (Å²) in [5, 5.41) is 2.71. The van der Waals surface area contributed by atoms with Gasteiger partial charge >= 0.3 is 0 Å². The topological polar surface area (TPSA) is 29.1 Å². The van der Waals surface area contributed by atoms with E-state index < -0.39 is 0 Å². The third kappa shape index (κ3) is 5.00. The van der Waals surface area contributed by atoms with Crippen LogP contribution in [0.4, 0.5) is 4.79 Å². The van der Waals surface area contributed by atoms with Gasteiger partial charge in [-0.15, -0.1) is 6.42 Å². The molecule has 1 aromatic rings. The predicted octanol–water partition coefficient (Wildman–Crippen LogP) is 4.20. The SMILES string of the molecule is C#CC(CC)NC(=O)Sc1cccc(C(C)(C)C)c1. The second-order valence-corrected chi connectivity index (χ2v) is 6.49. The molecule has 1 rings (SSSR count). The molecule has 1 unspecified atom stereocenters. The first-order valence-electron chi connectivity index (χ1n) is 6.42. The molecule has 1 atom stereocenters. The molecular formula is C16H21NOS. The summed E-state index contributed by atoms with van der Waals surface area (Å²) >= 11 is 1.19. The van der Waals surface area contributed by atoms with Gasteiger partial charge in [0.25, 0.3) is 5.24 Å². The first kappa shape index (κ1) is 15.7. The summed E-state index contributed by atoms with van der Waals surface area (Å²) in [6.07, 6.45) is 6.07. The van der Waals surface area contributed by atoms with Crippen molar-refractivity contribution in [3.63, 3.8) is 0 Å². The maximum atomic E-state index is 11.9. The molecule has 0 bridgehead atoms. The molecule has 0 spiro atoms. The lowest BCUT2D eigenvalue weighted by Crippen LogP contribution is -2.30. The summed E-state index contributed by atoms with van der Waals surface area (Å²) in [5.41, 5.74) is 1.30. The fourth-order valence-corrected chi connectivity index (χ4v) is 2.31. The molecule has 0 heterocycles. The molecule has 19 heavy (non-hydrogen) atoms. The van der Waals surface area contributed by atoms with E-state index in [2.05, 4.69) is 44.1 Å². The standard InChI is InChI=1S/C16H21NOS/c1-6-13(7-2)17-15(18)19-14-10-8-9-12(11-14)16(3,4)5/h1,8-11,13H,7H2,2-5H3,(H,17,18). The molecule has 0 saturated heterocycles. The number of rotatable bonds is 3. The number of carbonyl (C=O) groups excluding carboxylic acids is 1. The molecule has 2 nitrogen and oxygen atoms in total. The number of nitrogens with one attached hydrogen (secondary N) is 1. The molecule has 0 fully saturated rings. The Balaban J connectivity index is 2.73. The van der Waals surface area contributed by atoms with E-state index in [4.69, 9.17) is 6.42 Å². The van der Waals surface area contributed by atoms with E-state index in [9.17, 15) is 4.79 Å². The molecule has 0 radical (unpaired) electrons. The minimum atomic E-state index is -0.189. The highest BCUT2D eigenvalue weighted by Crippen LogP contribution is 2.27. The number of thioether (sulfide) groups is 1. The van der Waals surface area contributed by atoms with Gasteiger partial charge in [0.2, 0.25) is 0 Å². The van der Waals surface area contributed by atoms with E-state index in [0.717, 1.165) is 11.3 Å². The average Bonchev–Trinajstić information content (AvgIpc) is 2.35. The normalized spacial score (nSPS) is 12.6. The zero-order valence-corrected chi connectivity index (χ0v) is 12.8. The number of amides is 1. The highest BCUT2D eigenvalue weighted by Gasteiger charge is 2.15. The molecule has 0 aliphatic rings. The lowest BCUT2D eigenvalue weighted by Gasteiger charge is -2.19. The van der Waals surface area contributed by atoms with Crippen molar-refractivity contribution in [1.29, 1.82) is 0 Å². The quantitative estimate of drug-likeness (QED) is 0.661. The van der Waals surface area contributed by atoms with E-state index in [1.54, 1.807) is 0 Å². The van der Waals surface area contributed by atoms with Gasteiger partial charge in [0.05, 0.1) is 6.04 Å². The van der Waals surface area contributed by atoms with Crippen LogP contribution in [0.3, 0.4) is 0 Å². The molecule has 0 saturated carbocycles. The van der Waals surface area contributed by atoms with Gasteiger partial charge in [-0.05, 0) is 41.3 Å². The van der Waals surface area contributed by atoms with Gasteiger partial charge in [-0.2, -0.15) is 0 Å². The largest absolute Gasteiger partial charge is 0.333 e. The van der Waals surface area contributed by atoms with Gasteiger partial charge < -0.3 is 5.32 Å². The highest BCUT2D eigenvalue weighted by atomic mass is 32.2. The monoisotopic (exact) mass is 275 g/mol. The van der Waals surface area contributed by atoms with Crippen molar-refractivity contribution in [2.75, 3.05) is 0 Å². The van der Waals surface area contributed by atoms with Crippen LogP contribution >= 0.6 is 11.8 Å². The number of hydrogen-bond donors (Lipinski definition) is 1. The summed E-state index contributed by atoms with van der Waals surface area (Å²) in [5.74, 6) is 2.56. The molecule has 0 aliphatic heterocycles. The van der Waals surface area contributed by atoms with E-state index in [-0.39, 0.29) is 16.7 Å². The number of carbonyl (C=O) groups is 1. The molecular weight excluding hydrogens is 254 g/mol. The molecule has 102 valence electrons. The van der Waals surface area contributed by atoms with Crippen LogP contribution in [0.5, 0.6) is 0 Å². The molecule has 1 aromatic carbocycles. The molecule has 1 N–H and O–H groups in total. The number of terminal acetylenes is 1. The molecule has 1 amide bonds. The van der Waals surface area contributed by atoms with Crippen LogP contribution in [0, 0.1) is 12.3 Å². The zero-order chi connectivity index (χ0) is 14.5. The highest BCUT2D eigenvalue weighted by molar-refractivity contribution is 8.13. The Morgan fingerprint density at radius 2 is 2.16 bits per heavy atom. The van der Waals surface area contributed by atoms with Crippen LogP contribution in [-0.4, -0.2) is 11.3 Å². The van der Waals surface area contributed by atoms with Crippen molar-refractivity contribution < 1.29 is 4.79 Å². The lowest BCUT2D eigenvalue weighted by atomic mass is 9.87. The van der Waals surface area contributed by atoms with Crippen molar-refractivity contribution in [2.45, 2.75) is 50.5 Å². The van der Waals surface area contributed by atoms with Gasteiger partial charge in [0.1, 0.15) is 0 Å². The second kappa shape index (κ2) is 6.68. The van der Waals surface area contributed by atoms with Crippen molar-refractivity contribution in [3.8, 4) is 12.3 Å². The Morgan fingerprint density at radius 3 is 2.68 bits per heavy atom. The van der Waals surface area contributed by atoms with Crippen LogP contribution in [0.25, 0.3) is 0 Å². The summed E-state index contributed by atoms with van der Waals surface area (Å²) in [6.45, 7) is 8.42. The van der Waals surface area contributed by atoms with E-state index in [1.807, 2.05) is 19.1 Å². The predicted molar refractivity (Wildman–Crippen MR) is 82.4 cm³/mol. The Hall–Kier alpha value is -1.40. The van der Waals surface area contributed by atoms with Gasteiger partial charge in [-0.3, -0.25) is 4.79 Å². The van der Waals surface area contributed by atoms with Gasteiger partial charge in [0, 0.05) is 4.90 Å². The Kier molecular flexibility index (Phi) is 5.50. The maximum absolute atomic E-state index is 11.9. The van der Waals surface area contributed by atoms with Gasteiger partial charge in [0.15, 0.2) is 0 Å². The van der Waals surface area contributed by atoms with Gasteiger partial charge in [-0.1, -0.05) is 45.7 Å². The van der Waals surface area contributed by atoms with Crippen LogP contribution < -0.4 is 5.32 Å². The minimum Gasteiger partial charge on any atom is -0.333 e. The minimum absolute atomic E-state index is 0.0812. The first-order valence-corrected chi connectivity index (χ1v) is 7.23. The Morgan fingerprint density at radius 1 is 1.47 bits per heavy atom. The maximum Gasteiger partial charge on any atom is 0.284 e. The molecule has 0 aliphatic carbocycles. The van der Waals surface area contributed by atoms with Crippen molar-refractivity contribution >= 4 is 17.0 Å². The Labute approximate surface area is 120 Å². The van der Waals surface area contributed by atoms with E-state index in [1.165, 1.54) is 17.3 Å². The summed E-state index contributed by atoms with van der Waals surface area (Å²) in [6, 6.07) is 7.87. The molecule has 0 aromatic heterocycles. The third-order valence-corrected chi connectivity index (χ3v) is 3.61. The van der Waals surface area contributed by atoms with E-state index in [0.29, 0.717) is 0 Å². The fraction of sp³-hybridized carbons (Fsp3) is 0.438. The van der Waals surface area contributed by atoms with Crippen molar-refractivity contribution in [2.24, 2.45) is 0 Å². The smallest absolute Gasteiger partial charge is 0.284 e. The molecule has 3 heteroatoms. The van der Waals surface area contributed by atoms with E-state index >= 15 is 0 Å². The second-order valence-electron chi connectivity index (χ2n) is 5.44. The Bertz CT molecular complexity index is 482. The number of benzene rings is 1. The van der Waals surface area contributed by atoms with Crippen LogP contribution in [-0.2, 0) is 5.41 Å². The lowest BCUT2D eigenvalue weighted by molar-refractivity contribution is 0.259. The zero-order valence-electron chi connectivity index (χ0n) is 12.0. The first-order chi connectivity index (χ1) is 8.86. The summed E-state index contributed by atoms with van der Waals surface area (Å²) < 4.78 is 0. The van der Waals surface area contributed by atoms with Crippen molar-refractivity contribution in [3.05, 3.63) is 29.8 Å². The van der Waals surface area contributed by atoms with Crippen LogP contribution in [0.1, 0.15) is 39.7 Å². The summed E-state index contributed by atoms with van der Waals surface area (Å²) in [4.78, 5) is 12.8. The van der Waals surface area contributed by atoms with Crippen molar-refractivity contribution in [1.82, 2.24) is 5.32 Å². The van der Waals surface area contributed by atoms with Crippen LogP contribution in [0.2, 0.25) is 0 Å². The number of hydrogen-bond acceptors (Lipinski definition) is 2. The fourth-order valence-electron chi connectivity index (χ4n) is 1.57. The summed E-state index contributed by atoms with van der Waals surface area (Å²) in [7, 11) is 0. The average molecular weight is 275 g/mol. The third-order valence-electron chi connectivity index (χ3n) is 2.81.